The minimum atomic E-state index is 0.180. The monoisotopic (exact) mass is 414 g/mol. The first-order valence-electron chi connectivity index (χ1n) is 10.7. The maximum atomic E-state index is 5.74. The van der Waals surface area contributed by atoms with Gasteiger partial charge in [0.15, 0.2) is 5.96 Å². The Bertz CT molecular complexity index is 743. The Kier molecular flexibility index (Phi) is 8.38. The van der Waals surface area contributed by atoms with Crippen LogP contribution in [-0.2, 0) is 6.42 Å². The Hall–Kier alpha value is -2.05. The first-order chi connectivity index (χ1) is 14.1. The number of aliphatic imine (C=N–C) groups is 1. The Morgan fingerprint density at radius 3 is 2.76 bits per heavy atom. The summed E-state index contributed by atoms with van der Waals surface area (Å²) in [6, 6.07) is 12.4. The van der Waals surface area contributed by atoms with Crippen molar-refractivity contribution >= 4 is 23.0 Å². The van der Waals surface area contributed by atoms with Crippen molar-refractivity contribution in [3.63, 3.8) is 0 Å². The molecule has 1 saturated heterocycles. The average molecular weight is 415 g/mol. The second kappa shape index (κ2) is 11.2. The SMILES string of the molecule is CCN1CCC(CN=C(NCCc2cccs2)Nc2ccc(OC(C)C)cc2)C1. The highest BCUT2D eigenvalue weighted by Crippen LogP contribution is 2.18. The molecule has 1 unspecified atom stereocenters. The van der Waals surface area contributed by atoms with Crippen LogP contribution in [0.5, 0.6) is 5.75 Å². The Labute approximate surface area is 179 Å². The lowest BCUT2D eigenvalue weighted by molar-refractivity contribution is 0.242. The zero-order valence-electron chi connectivity index (χ0n) is 17.9. The van der Waals surface area contributed by atoms with Gasteiger partial charge in [0.25, 0.3) is 0 Å². The molecule has 6 heteroatoms. The fraction of sp³-hybridized carbons (Fsp3) is 0.522. The third-order valence-corrected chi connectivity index (χ3v) is 5.99. The second-order valence-corrected chi connectivity index (χ2v) is 8.84. The summed E-state index contributed by atoms with van der Waals surface area (Å²) in [5.41, 5.74) is 1.02. The standard InChI is InChI=1S/C23H34N4OS/c1-4-27-14-12-19(17-27)16-25-23(24-13-11-22-6-5-15-29-22)26-20-7-9-21(10-8-20)28-18(2)3/h5-10,15,18-19H,4,11-14,16-17H2,1-3H3,(H2,24,25,26). The van der Waals surface area contributed by atoms with Crippen LogP contribution in [0.1, 0.15) is 32.1 Å². The van der Waals surface area contributed by atoms with Crippen LogP contribution in [0.3, 0.4) is 0 Å². The van der Waals surface area contributed by atoms with E-state index in [1.54, 1.807) is 11.3 Å². The van der Waals surface area contributed by atoms with Gasteiger partial charge in [0.1, 0.15) is 5.75 Å². The van der Waals surface area contributed by atoms with Gasteiger partial charge in [-0.1, -0.05) is 13.0 Å². The molecular formula is C23H34N4OS. The van der Waals surface area contributed by atoms with Crippen molar-refractivity contribution in [3.8, 4) is 5.75 Å². The second-order valence-electron chi connectivity index (χ2n) is 7.81. The van der Waals surface area contributed by atoms with Crippen molar-refractivity contribution < 1.29 is 4.74 Å². The van der Waals surface area contributed by atoms with Crippen LogP contribution in [0.25, 0.3) is 0 Å². The summed E-state index contributed by atoms with van der Waals surface area (Å²) in [7, 11) is 0. The Morgan fingerprint density at radius 1 is 1.28 bits per heavy atom. The van der Waals surface area contributed by atoms with E-state index < -0.39 is 0 Å². The number of nitrogens with one attached hydrogen (secondary N) is 2. The summed E-state index contributed by atoms with van der Waals surface area (Å²) in [6.45, 7) is 11.5. The van der Waals surface area contributed by atoms with Gasteiger partial charge in [-0.2, -0.15) is 0 Å². The molecule has 0 bridgehead atoms. The molecule has 0 radical (unpaired) electrons. The normalized spacial score (nSPS) is 17.7. The van der Waals surface area contributed by atoms with Crippen LogP contribution >= 0.6 is 11.3 Å². The number of hydrogen-bond donors (Lipinski definition) is 2. The maximum Gasteiger partial charge on any atom is 0.195 e. The number of ether oxygens (including phenoxy) is 1. The molecule has 0 amide bonds. The van der Waals surface area contributed by atoms with Gasteiger partial charge in [0.05, 0.1) is 6.10 Å². The maximum absolute atomic E-state index is 5.74. The molecule has 2 N–H and O–H groups in total. The van der Waals surface area contributed by atoms with E-state index in [0.29, 0.717) is 5.92 Å². The lowest BCUT2D eigenvalue weighted by atomic mass is 10.1. The van der Waals surface area contributed by atoms with Crippen molar-refractivity contribution in [2.75, 3.05) is 38.0 Å². The van der Waals surface area contributed by atoms with E-state index in [1.165, 1.54) is 17.8 Å². The third kappa shape index (κ3) is 7.37. The number of guanidine groups is 1. The van der Waals surface area contributed by atoms with Gasteiger partial charge >= 0.3 is 0 Å². The highest BCUT2D eigenvalue weighted by atomic mass is 32.1. The van der Waals surface area contributed by atoms with Crippen molar-refractivity contribution in [3.05, 3.63) is 46.7 Å². The third-order valence-electron chi connectivity index (χ3n) is 5.06. The predicted molar refractivity (Wildman–Crippen MR) is 124 cm³/mol. The molecule has 2 heterocycles. The largest absolute Gasteiger partial charge is 0.491 e. The van der Waals surface area contributed by atoms with Gasteiger partial charge in [-0.25, -0.2) is 0 Å². The number of likely N-dealkylation sites (tertiary alicyclic amines) is 1. The van der Waals surface area contributed by atoms with E-state index in [4.69, 9.17) is 9.73 Å². The molecule has 1 aliphatic heterocycles. The van der Waals surface area contributed by atoms with E-state index in [-0.39, 0.29) is 6.10 Å². The number of anilines is 1. The number of rotatable bonds is 9. The topological polar surface area (TPSA) is 48.9 Å². The van der Waals surface area contributed by atoms with Crippen molar-refractivity contribution in [1.82, 2.24) is 10.2 Å². The molecule has 5 nitrogen and oxygen atoms in total. The molecule has 29 heavy (non-hydrogen) atoms. The van der Waals surface area contributed by atoms with Crippen LogP contribution in [0.4, 0.5) is 5.69 Å². The number of thiophene rings is 1. The molecule has 1 aromatic heterocycles. The molecule has 3 rings (SSSR count). The van der Waals surface area contributed by atoms with Crippen LogP contribution in [0.15, 0.2) is 46.8 Å². The van der Waals surface area contributed by atoms with Gasteiger partial charge in [0.2, 0.25) is 0 Å². The van der Waals surface area contributed by atoms with Gasteiger partial charge in [-0.05, 0) is 81.4 Å². The highest BCUT2D eigenvalue weighted by Gasteiger charge is 2.20. The van der Waals surface area contributed by atoms with Crippen LogP contribution in [0, 0.1) is 5.92 Å². The molecule has 1 atom stereocenters. The average Bonchev–Trinajstić information content (AvgIpc) is 3.39. The first-order valence-corrected chi connectivity index (χ1v) is 11.6. The predicted octanol–water partition coefficient (Wildman–Crippen LogP) is 4.48. The van der Waals surface area contributed by atoms with Gasteiger partial charge in [-0.3, -0.25) is 4.99 Å². The molecule has 1 aromatic carbocycles. The van der Waals surface area contributed by atoms with Crippen molar-refractivity contribution in [2.24, 2.45) is 10.9 Å². The van der Waals surface area contributed by atoms with E-state index >= 15 is 0 Å². The smallest absolute Gasteiger partial charge is 0.195 e. The molecular weight excluding hydrogens is 380 g/mol. The van der Waals surface area contributed by atoms with Crippen molar-refractivity contribution in [2.45, 2.75) is 39.7 Å². The number of benzene rings is 1. The summed E-state index contributed by atoms with van der Waals surface area (Å²) < 4.78 is 5.74. The van der Waals surface area contributed by atoms with Crippen LogP contribution in [0.2, 0.25) is 0 Å². The first kappa shape index (κ1) is 21.7. The molecule has 1 fully saturated rings. The van der Waals surface area contributed by atoms with Gasteiger partial charge in [-0.15, -0.1) is 11.3 Å². The van der Waals surface area contributed by atoms with E-state index in [1.807, 2.05) is 38.1 Å². The Balaban J connectivity index is 1.58. The summed E-state index contributed by atoms with van der Waals surface area (Å²) >= 11 is 1.80. The van der Waals surface area contributed by atoms with Crippen LogP contribution in [-0.4, -0.2) is 49.7 Å². The molecule has 0 aliphatic carbocycles. The lowest BCUT2D eigenvalue weighted by Gasteiger charge is -2.15. The molecule has 2 aromatic rings. The Morgan fingerprint density at radius 2 is 2.10 bits per heavy atom. The fourth-order valence-corrected chi connectivity index (χ4v) is 4.20. The zero-order chi connectivity index (χ0) is 20.5. The lowest BCUT2D eigenvalue weighted by Crippen LogP contribution is -2.33. The van der Waals surface area contributed by atoms with Crippen LogP contribution < -0.4 is 15.4 Å². The number of hydrogen-bond acceptors (Lipinski definition) is 4. The number of nitrogens with zero attached hydrogens (tertiary/aromatic N) is 2. The molecule has 158 valence electrons. The van der Waals surface area contributed by atoms with Gasteiger partial charge < -0.3 is 20.3 Å². The summed E-state index contributed by atoms with van der Waals surface area (Å²) in [5, 5.41) is 9.09. The van der Waals surface area contributed by atoms with E-state index in [0.717, 1.165) is 50.0 Å². The van der Waals surface area contributed by atoms with Gasteiger partial charge in [0, 0.05) is 30.2 Å². The summed E-state index contributed by atoms with van der Waals surface area (Å²) in [4.78, 5) is 8.79. The summed E-state index contributed by atoms with van der Waals surface area (Å²) in [5.74, 6) is 2.39. The molecule has 0 saturated carbocycles. The highest BCUT2D eigenvalue weighted by molar-refractivity contribution is 7.09. The van der Waals surface area contributed by atoms with E-state index in [2.05, 4.69) is 40.0 Å². The fourth-order valence-electron chi connectivity index (χ4n) is 3.49. The van der Waals surface area contributed by atoms with E-state index in [9.17, 15) is 0 Å². The van der Waals surface area contributed by atoms with Crippen molar-refractivity contribution in [1.29, 1.82) is 0 Å². The quantitative estimate of drug-likeness (QED) is 0.469. The minimum absolute atomic E-state index is 0.180. The zero-order valence-corrected chi connectivity index (χ0v) is 18.7. The summed E-state index contributed by atoms with van der Waals surface area (Å²) in [6.07, 6.45) is 2.42. The minimum Gasteiger partial charge on any atom is -0.491 e. The molecule has 0 spiro atoms. The molecule has 1 aliphatic rings.